The monoisotopic (exact) mass is 488 g/mol. The van der Waals surface area contributed by atoms with Crippen LogP contribution < -0.4 is 5.32 Å². The van der Waals surface area contributed by atoms with E-state index in [9.17, 15) is 9.59 Å². The molecule has 0 spiro atoms. The molecule has 0 heterocycles. The summed E-state index contributed by atoms with van der Waals surface area (Å²) in [6, 6.07) is 27.6. The molecule has 2 amide bonds. The highest BCUT2D eigenvalue weighted by Gasteiger charge is 2.32. The Morgan fingerprint density at radius 1 is 0.829 bits per heavy atom. The summed E-state index contributed by atoms with van der Waals surface area (Å²) in [7, 11) is 0. The molecule has 3 aromatic rings. The molecule has 0 fully saturated rings. The number of thioether (sulfide) groups is 1. The molecule has 0 radical (unpaired) electrons. The molecule has 1 N–H and O–H groups in total. The highest BCUT2D eigenvalue weighted by Crippen LogP contribution is 2.19. The average Bonchev–Trinajstić information content (AvgIpc) is 2.82. The van der Waals surface area contributed by atoms with Gasteiger partial charge < -0.3 is 10.2 Å². The highest BCUT2D eigenvalue weighted by molar-refractivity contribution is 7.99. The Balaban J connectivity index is 1.83. The standard InChI is InChI=1S/C30H36N2O2S/c1-23-15-17-26(18-16-23)21-35-22-28(33)32(20-25-13-9-6-10-14-25)27(29(34)31-30(2,3)4)19-24-11-7-5-8-12-24/h5-18,27H,19-22H2,1-4H3,(H,31,34). The Kier molecular flexibility index (Phi) is 9.55. The second kappa shape index (κ2) is 12.6. The summed E-state index contributed by atoms with van der Waals surface area (Å²) >= 11 is 1.58. The molecule has 1 atom stereocenters. The van der Waals surface area contributed by atoms with Crippen LogP contribution in [0.3, 0.4) is 0 Å². The quantitative estimate of drug-likeness (QED) is 0.393. The Hall–Kier alpha value is -3.05. The lowest BCUT2D eigenvalue weighted by Gasteiger charge is -2.34. The molecule has 3 aromatic carbocycles. The summed E-state index contributed by atoms with van der Waals surface area (Å²) in [4.78, 5) is 28.9. The van der Waals surface area contributed by atoms with Crippen LogP contribution in [0.1, 0.15) is 43.0 Å². The molecule has 0 saturated heterocycles. The molecule has 4 nitrogen and oxygen atoms in total. The van der Waals surface area contributed by atoms with E-state index in [0.717, 1.165) is 16.9 Å². The topological polar surface area (TPSA) is 49.4 Å². The fourth-order valence-corrected chi connectivity index (χ4v) is 4.68. The van der Waals surface area contributed by atoms with E-state index in [1.165, 1.54) is 11.1 Å². The van der Waals surface area contributed by atoms with Crippen LogP contribution in [0, 0.1) is 6.92 Å². The van der Waals surface area contributed by atoms with Gasteiger partial charge in [0.2, 0.25) is 11.8 Å². The first kappa shape index (κ1) is 26.6. The second-order valence-electron chi connectivity index (χ2n) is 9.93. The minimum atomic E-state index is -0.607. The van der Waals surface area contributed by atoms with Crippen LogP contribution in [0.2, 0.25) is 0 Å². The molecule has 1 unspecified atom stereocenters. The largest absolute Gasteiger partial charge is 0.350 e. The zero-order valence-electron chi connectivity index (χ0n) is 21.2. The molecule has 0 bridgehead atoms. The van der Waals surface area contributed by atoms with E-state index in [2.05, 4.69) is 36.5 Å². The first-order chi connectivity index (χ1) is 16.7. The molecule has 184 valence electrons. The number of benzene rings is 3. The lowest BCUT2D eigenvalue weighted by Crippen LogP contribution is -2.54. The normalized spacial score (nSPS) is 12.1. The molecule has 0 aromatic heterocycles. The van der Waals surface area contributed by atoms with E-state index in [1.807, 2.05) is 81.4 Å². The first-order valence-corrected chi connectivity index (χ1v) is 13.2. The maximum atomic E-state index is 13.6. The number of nitrogens with one attached hydrogen (secondary N) is 1. The van der Waals surface area contributed by atoms with Gasteiger partial charge in [-0.15, -0.1) is 11.8 Å². The van der Waals surface area contributed by atoms with Crippen LogP contribution in [-0.4, -0.2) is 34.0 Å². The zero-order chi connectivity index (χ0) is 25.3. The van der Waals surface area contributed by atoms with Gasteiger partial charge in [-0.2, -0.15) is 0 Å². The summed E-state index contributed by atoms with van der Waals surface area (Å²) in [5, 5.41) is 3.11. The van der Waals surface area contributed by atoms with Gasteiger partial charge in [-0.25, -0.2) is 0 Å². The van der Waals surface area contributed by atoms with Crippen LogP contribution in [0.5, 0.6) is 0 Å². The Bertz CT molecular complexity index is 1080. The van der Waals surface area contributed by atoms with Crippen molar-refractivity contribution in [1.82, 2.24) is 10.2 Å². The van der Waals surface area contributed by atoms with Gasteiger partial charge in [0, 0.05) is 24.3 Å². The van der Waals surface area contributed by atoms with E-state index in [-0.39, 0.29) is 11.8 Å². The van der Waals surface area contributed by atoms with Gasteiger partial charge in [0.15, 0.2) is 0 Å². The Labute approximate surface area is 214 Å². The van der Waals surface area contributed by atoms with Crippen molar-refractivity contribution in [3.05, 3.63) is 107 Å². The third kappa shape index (κ3) is 8.91. The minimum Gasteiger partial charge on any atom is -0.350 e. The number of nitrogens with zero attached hydrogens (tertiary/aromatic N) is 1. The number of hydrogen-bond donors (Lipinski definition) is 1. The van der Waals surface area contributed by atoms with E-state index in [4.69, 9.17) is 0 Å². The predicted octanol–water partition coefficient (Wildman–Crippen LogP) is 5.78. The maximum Gasteiger partial charge on any atom is 0.243 e. The van der Waals surface area contributed by atoms with E-state index in [1.54, 1.807) is 16.7 Å². The summed E-state index contributed by atoms with van der Waals surface area (Å²) in [6.45, 7) is 8.35. The van der Waals surface area contributed by atoms with Crippen LogP contribution in [0.4, 0.5) is 0 Å². The van der Waals surface area contributed by atoms with Gasteiger partial charge in [-0.1, -0.05) is 90.5 Å². The zero-order valence-corrected chi connectivity index (χ0v) is 22.0. The van der Waals surface area contributed by atoms with Crippen molar-refractivity contribution in [2.24, 2.45) is 0 Å². The molecule has 0 aliphatic rings. The van der Waals surface area contributed by atoms with Crippen molar-refractivity contribution in [3.8, 4) is 0 Å². The van der Waals surface area contributed by atoms with Crippen LogP contribution in [-0.2, 0) is 28.3 Å². The molecule has 0 saturated carbocycles. The minimum absolute atomic E-state index is 0.0315. The fourth-order valence-electron chi connectivity index (χ4n) is 3.81. The third-order valence-corrected chi connectivity index (χ3v) is 6.57. The molecule has 0 aliphatic carbocycles. The van der Waals surface area contributed by atoms with E-state index >= 15 is 0 Å². The van der Waals surface area contributed by atoms with Gasteiger partial charge >= 0.3 is 0 Å². The molecular weight excluding hydrogens is 452 g/mol. The number of aryl methyl sites for hydroxylation is 1. The number of carbonyl (C=O) groups is 2. The molecule has 3 rings (SSSR count). The first-order valence-electron chi connectivity index (χ1n) is 12.0. The van der Waals surface area contributed by atoms with Gasteiger partial charge in [0.1, 0.15) is 6.04 Å². The lowest BCUT2D eigenvalue weighted by molar-refractivity contribution is -0.140. The van der Waals surface area contributed by atoms with Crippen molar-refractivity contribution in [3.63, 3.8) is 0 Å². The highest BCUT2D eigenvalue weighted by atomic mass is 32.2. The average molecular weight is 489 g/mol. The number of carbonyl (C=O) groups excluding carboxylic acids is 2. The molecule has 5 heteroatoms. The Morgan fingerprint density at radius 2 is 1.40 bits per heavy atom. The molecular formula is C30H36N2O2S. The van der Waals surface area contributed by atoms with Crippen molar-refractivity contribution in [1.29, 1.82) is 0 Å². The molecule has 0 aliphatic heterocycles. The molecule has 35 heavy (non-hydrogen) atoms. The van der Waals surface area contributed by atoms with Crippen LogP contribution in [0.25, 0.3) is 0 Å². The van der Waals surface area contributed by atoms with Crippen molar-refractivity contribution in [2.45, 2.75) is 58.0 Å². The summed E-state index contributed by atoms with van der Waals surface area (Å²) < 4.78 is 0. The smallest absolute Gasteiger partial charge is 0.243 e. The van der Waals surface area contributed by atoms with E-state index in [0.29, 0.717) is 18.7 Å². The fraction of sp³-hybridized carbons (Fsp3) is 0.333. The van der Waals surface area contributed by atoms with Crippen molar-refractivity contribution in [2.75, 3.05) is 5.75 Å². The van der Waals surface area contributed by atoms with Gasteiger partial charge in [-0.05, 0) is 44.4 Å². The van der Waals surface area contributed by atoms with Gasteiger partial charge in [-0.3, -0.25) is 9.59 Å². The SMILES string of the molecule is Cc1ccc(CSCC(=O)N(Cc2ccccc2)C(Cc2ccccc2)C(=O)NC(C)(C)C)cc1. The van der Waals surface area contributed by atoms with Crippen molar-refractivity contribution < 1.29 is 9.59 Å². The van der Waals surface area contributed by atoms with Gasteiger partial charge in [0.05, 0.1) is 5.75 Å². The summed E-state index contributed by atoms with van der Waals surface area (Å²) in [5.41, 5.74) is 4.05. The van der Waals surface area contributed by atoms with Crippen LogP contribution in [0.15, 0.2) is 84.9 Å². The third-order valence-electron chi connectivity index (χ3n) is 5.58. The summed E-state index contributed by atoms with van der Waals surface area (Å²) in [6.07, 6.45) is 0.462. The van der Waals surface area contributed by atoms with Crippen molar-refractivity contribution >= 4 is 23.6 Å². The Morgan fingerprint density at radius 3 is 1.97 bits per heavy atom. The summed E-state index contributed by atoms with van der Waals surface area (Å²) in [5.74, 6) is 0.905. The van der Waals surface area contributed by atoms with Crippen LogP contribution >= 0.6 is 11.8 Å². The lowest BCUT2D eigenvalue weighted by atomic mass is 10.0. The number of hydrogen-bond acceptors (Lipinski definition) is 3. The second-order valence-corrected chi connectivity index (χ2v) is 10.9. The number of amides is 2. The van der Waals surface area contributed by atoms with E-state index < -0.39 is 11.6 Å². The predicted molar refractivity (Wildman–Crippen MR) is 146 cm³/mol. The van der Waals surface area contributed by atoms with Gasteiger partial charge in [0.25, 0.3) is 0 Å². The maximum absolute atomic E-state index is 13.6. The number of rotatable bonds is 10.